The number of piperidine rings is 1. The number of piperazine rings is 1. The average Bonchev–Trinajstić information content (AvgIpc) is 3.23. The fourth-order valence-electron chi connectivity index (χ4n) is 4.72. The lowest BCUT2D eigenvalue weighted by Gasteiger charge is -2.38. The molecular formula is C23H37N5O2. The number of nitrogens with one attached hydrogen (secondary N) is 1. The fraction of sp³-hybridized carbons (Fsp3) is 0.696. The third-order valence-electron chi connectivity index (χ3n) is 6.56. The lowest BCUT2D eigenvalue weighted by atomic mass is 9.97. The number of benzene rings is 1. The zero-order valence-corrected chi connectivity index (χ0v) is 18.8. The average molecular weight is 416 g/mol. The van der Waals surface area contributed by atoms with Gasteiger partial charge in [-0.25, -0.2) is 0 Å². The maximum Gasteiger partial charge on any atom is 0.231 e. The molecule has 0 saturated carbocycles. The minimum Gasteiger partial charge on any atom is -0.454 e. The van der Waals surface area contributed by atoms with Gasteiger partial charge < -0.3 is 24.6 Å². The third kappa shape index (κ3) is 5.19. The van der Waals surface area contributed by atoms with Crippen molar-refractivity contribution >= 4 is 5.96 Å². The van der Waals surface area contributed by atoms with E-state index in [1.54, 1.807) is 0 Å². The van der Waals surface area contributed by atoms with Gasteiger partial charge in [0.15, 0.2) is 17.5 Å². The van der Waals surface area contributed by atoms with Crippen molar-refractivity contribution in [3.05, 3.63) is 23.8 Å². The van der Waals surface area contributed by atoms with Crippen LogP contribution >= 0.6 is 0 Å². The highest BCUT2D eigenvalue weighted by atomic mass is 16.7. The molecule has 1 atom stereocenters. The molecule has 3 heterocycles. The molecule has 0 radical (unpaired) electrons. The van der Waals surface area contributed by atoms with Crippen LogP contribution in [0.3, 0.4) is 0 Å². The molecule has 166 valence electrons. The van der Waals surface area contributed by atoms with Crippen molar-refractivity contribution < 1.29 is 9.47 Å². The molecule has 1 unspecified atom stereocenters. The number of guanidine groups is 1. The number of fused-ring (bicyclic) bond motifs is 1. The molecule has 2 fully saturated rings. The molecule has 0 aliphatic carbocycles. The lowest BCUT2D eigenvalue weighted by Crippen LogP contribution is -2.53. The first-order chi connectivity index (χ1) is 14.6. The van der Waals surface area contributed by atoms with E-state index in [1.165, 1.54) is 31.5 Å². The van der Waals surface area contributed by atoms with Gasteiger partial charge in [-0.3, -0.25) is 9.89 Å². The Balaban J connectivity index is 1.22. The van der Waals surface area contributed by atoms with E-state index in [0.29, 0.717) is 18.8 Å². The normalized spacial score (nSPS) is 23.3. The summed E-state index contributed by atoms with van der Waals surface area (Å²) in [6.45, 7) is 13.4. The van der Waals surface area contributed by atoms with Gasteiger partial charge in [-0.15, -0.1) is 0 Å². The summed E-state index contributed by atoms with van der Waals surface area (Å²) in [6.07, 6.45) is 2.62. The number of aliphatic imine (C=N–C) groups is 1. The minimum atomic E-state index is 0.333. The van der Waals surface area contributed by atoms with Crippen molar-refractivity contribution in [2.45, 2.75) is 39.3 Å². The molecule has 0 bridgehead atoms. The van der Waals surface area contributed by atoms with E-state index in [1.807, 2.05) is 13.1 Å². The Kier molecular flexibility index (Phi) is 7.00. The predicted octanol–water partition coefficient (Wildman–Crippen LogP) is 2.23. The van der Waals surface area contributed by atoms with E-state index >= 15 is 0 Å². The summed E-state index contributed by atoms with van der Waals surface area (Å²) in [5, 5.41) is 3.66. The number of hydrogen-bond acceptors (Lipinski definition) is 5. The van der Waals surface area contributed by atoms with Crippen LogP contribution in [0.25, 0.3) is 0 Å². The number of hydrogen-bond donors (Lipinski definition) is 1. The largest absolute Gasteiger partial charge is 0.454 e. The van der Waals surface area contributed by atoms with Crippen molar-refractivity contribution in [2.75, 3.05) is 59.7 Å². The molecule has 2 saturated heterocycles. The van der Waals surface area contributed by atoms with Gasteiger partial charge in [0.1, 0.15) is 0 Å². The second-order valence-electron chi connectivity index (χ2n) is 8.98. The Labute approximate surface area is 181 Å². The van der Waals surface area contributed by atoms with E-state index in [4.69, 9.17) is 9.47 Å². The van der Waals surface area contributed by atoms with Crippen LogP contribution in [0.1, 0.15) is 32.3 Å². The van der Waals surface area contributed by atoms with Crippen molar-refractivity contribution in [1.82, 2.24) is 20.0 Å². The molecule has 3 aliphatic rings. The second-order valence-corrected chi connectivity index (χ2v) is 8.98. The Hall–Kier alpha value is -1.99. The quantitative estimate of drug-likeness (QED) is 0.588. The van der Waals surface area contributed by atoms with Crippen molar-refractivity contribution in [3.63, 3.8) is 0 Å². The summed E-state index contributed by atoms with van der Waals surface area (Å²) in [5.41, 5.74) is 1.28. The molecule has 0 aromatic heterocycles. The number of likely N-dealkylation sites (tertiary alicyclic amines) is 1. The van der Waals surface area contributed by atoms with Gasteiger partial charge in [0.2, 0.25) is 6.79 Å². The third-order valence-corrected chi connectivity index (χ3v) is 6.56. The van der Waals surface area contributed by atoms with Crippen molar-refractivity contribution in [2.24, 2.45) is 10.9 Å². The highest BCUT2D eigenvalue weighted by Crippen LogP contribution is 2.32. The van der Waals surface area contributed by atoms with Crippen LogP contribution < -0.4 is 14.8 Å². The predicted molar refractivity (Wildman–Crippen MR) is 120 cm³/mol. The SMILES string of the molecule is CN=C(NCC1CCCN(C(C)C)C1)N1CCN(Cc2ccc3c(c2)OCO3)CC1. The van der Waals surface area contributed by atoms with E-state index in [9.17, 15) is 0 Å². The summed E-state index contributed by atoms with van der Waals surface area (Å²) < 4.78 is 10.9. The van der Waals surface area contributed by atoms with E-state index < -0.39 is 0 Å². The molecule has 1 aromatic rings. The van der Waals surface area contributed by atoms with Gasteiger partial charge in [-0.2, -0.15) is 0 Å². The molecule has 30 heavy (non-hydrogen) atoms. The van der Waals surface area contributed by atoms with Crippen LogP contribution in [0.2, 0.25) is 0 Å². The van der Waals surface area contributed by atoms with Gasteiger partial charge in [-0.05, 0) is 56.8 Å². The van der Waals surface area contributed by atoms with Crippen LogP contribution in [0, 0.1) is 5.92 Å². The van der Waals surface area contributed by atoms with Gasteiger partial charge in [0.05, 0.1) is 0 Å². The summed E-state index contributed by atoms with van der Waals surface area (Å²) in [7, 11) is 1.91. The van der Waals surface area contributed by atoms with Gasteiger partial charge in [-0.1, -0.05) is 6.07 Å². The molecule has 0 amide bonds. The second kappa shape index (κ2) is 9.88. The first-order valence-corrected chi connectivity index (χ1v) is 11.4. The van der Waals surface area contributed by atoms with Gasteiger partial charge >= 0.3 is 0 Å². The molecular weight excluding hydrogens is 378 g/mol. The molecule has 7 heteroatoms. The van der Waals surface area contributed by atoms with Crippen LogP contribution in [0.15, 0.2) is 23.2 Å². The molecule has 3 aliphatic heterocycles. The maximum atomic E-state index is 5.51. The van der Waals surface area contributed by atoms with Crippen LogP contribution in [-0.2, 0) is 6.54 Å². The minimum absolute atomic E-state index is 0.333. The molecule has 1 aromatic carbocycles. The van der Waals surface area contributed by atoms with Crippen LogP contribution in [0.4, 0.5) is 0 Å². The molecule has 1 N–H and O–H groups in total. The maximum absolute atomic E-state index is 5.51. The van der Waals surface area contributed by atoms with Gasteiger partial charge in [0.25, 0.3) is 0 Å². The topological polar surface area (TPSA) is 52.6 Å². The van der Waals surface area contributed by atoms with Crippen LogP contribution in [-0.4, -0.2) is 86.4 Å². The van der Waals surface area contributed by atoms with E-state index in [2.05, 4.69) is 51.0 Å². The Bertz CT molecular complexity index is 730. The van der Waals surface area contributed by atoms with E-state index in [-0.39, 0.29) is 0 Å². The Morgan fingerprint density at radius 3 is 2.70 bits per heavy atom. The van der Waals surface area contributed by atoms with Gasteiger partial charge in [0, 0.05) is 58.9 Å². The Morgan fingerprint density at radius 1 is 1.13 bits per heavy atom. The van der Waals surface area contributed by atoms with Crippen LogP contribution in [0.5, 0.6) is 11.5 Å². The number of ether oxygens (including phenoxy) is 2. The summed E-state index contributed by atoms with van der Waals surface area (Å²) in [5.74, 6) is 3.49. The van der Waals surface area contributed by atoms with E-state index in [0.717, 1.165) is 56.7 Å². The monoisotopic (exact) mass is 415 g/mol. The zero-order chi connectivity index (χ0) is 20.9. The summed E-state index contributed by atoms with van der Waals surface area (Å²) in [6, 6.07) is 6.92. The summed E-state index contributed by atoms with van der Waals surface area (Å²) >= 11 is 0. The molecule has 4 rings (SSSR count). The summed E-state index contributed by atoms with van der Waals surface area (Å²) in [4.78, 5) is 12.1. The molecule has 7 nitrogen and oxygen atoms in total. The molecule has 0 spiro atoms. The standard InChI is InChI=1S/C23H37N5O2/c1-18(2)28-8-4-5-20(16-28)14-25-23(24-3)27-11-9-26(10-12-27)15-19-6-7-21-22(13-19)30-17-29-21/h6-7,13,18,20H,4-5,8-12,14-17H2,1-3H3,(H,24,25). The lowest BCUT2D eigenvalue weighted by molar-refractivity contribution is 0.139. The Morgan fingerprint density at radius 2 is 1.93 bits per heavy atom. The fourth-order valence-corrected chi connectivity index (χ4v) is 4.72. The first-order valence-electron chi connectivity index (χ1n) is 11.4. The zero-order valence-electron chi connectivity index (χ0n) is 18.8. The number of rotatable bonds is 5. The number of nitrogens with zero attached hydrogens (tertiary/aromatic N) is 4. The van der Waals surface area contributed by atoms with Crippen molar-refractivity contribution in [3.8, 4) is 11.5 Å². The highest BCUT2D eigenvalue weighted by Gasteiger charge is 2.24. The van der Waals surface area contributed by atoms with Crippen molar-refractivity contribution in [1.29, 1.82) is 0 Å². The highest BCUT2D eigenvalue weighted by molar-refractivity contribution is 5.80. The first kappa shape index (κ1) is 21.2. The smallest absolute Gasteiger partial charge is 0.231 e.